The van der Waals surface area contributed by atoms with Crippen LogP contribution in [0.25, 0.3) is 0 Å². The number of unbranched alkanes of at least 4 members (excludes halogenated alkanes) is 3. The summed E-state index contributed by atoms with van der Waals surface area (Å²) in [7, 11) is 0. The van der Waals surface area contributed by atoms with E-state index in [4.69, 9.17) is 4.74 Å². The van der Waals surface area contributed by atoms with Gasteiger partial charge in [0.05, 0.1) is 19.2 Å². The Morgan fingerprint density at radius 2 is 2.03 bits per heavy atom. The van der Waals surface area contributed by atoms with Crippen LogP contribution in [0.5, 0.6) is 11.5 Å². The van der Waals surface area contributed by atoms with Crippen molar-refractivity contribution < 1.29 is 19.4 Å². The number of anilines is 1. The molecule has 162 valence electrons. The number of aromatic hydroxyl groups is 1. The van der Waals surface area contributed by atoms with Gasteiger partial charge < -0.3 is 15.2 Å². The van der Waals surface area contributed by atoms with Gasteiger partial charge in [-0.15, -0.1) is 10.2 Å². The third-order valence-electron chi connectivity index (χ3n) is 3.97. The van der Waals surface area contributed by atoms with Crippen molar-refractivity contribution in [2.24, 2.45) is 5.10 Å². The number of carbonyl (C=O) groups is 2. The molecule has 0 bridgehead atoms. The largest absolute Gasteiger partial charge is 0.504 e. The van der Waals surface area contributed by atoms with E-state index in [0.717, 1.165) is 37.0 Å². The predicted molar refractivity (Wildman–Crippen MR) is 116 cm³/mol. The molecule has 1 aromatic heterocycles. The Labute approximate surface area is 179 Å². The smallest absolute Gasteiger partial charge is 0.247 e. The first-order valence-electron chi connectivity index (χ1n) is 9.91. The second-order valence-corrected chi connectivity index (χ2v) is 7.55. The lowest BCUT2D eigenvalue weighted by Gasteiger charge is -2.05. The molecular formula is C20H27N5O4S. The van der Waals surface area contributed by atoms with Gasteiger partial charge in [0.1, 0.15) is 5.01 Å². The first kappa shape index (κ1) is 23.3. The van der Waals surface area contributed by atoms with E-state index in [9.17, 15) is 14.7 Å². The molecule has 1 aromatic carbocycles. The molecule has 9 nitrogen and oxygen atoms in total. The quantitative estimate of drug-likeness (QED) is 0.268. The summed E-state index contributed by atoms with van der Waals surface area (Å²) in [5.41, 5.74) is 3.01. The van der Waals surface area contributed by atoms with Gasteiger partial charge in [-0.1, -0.05) is 37.5 Å². The fourth-order valence-corrected chi connectivity index (χ4v) is 3.27. The number of phenols is 1. The zero-order valence-electron chi connectivity index (χ0n) is 17.2. The van der Waals surface area contributed by atoms with E-state index in [-0.39, 0.29) is 24.0 Å². The maximum absolute atomic E-state index is 12.0. The first-order chi connectivity index (χ1) is 14.5. The second-order valence-electron chi connectivity index (χ2n) is 6.49. The number of hydrazone groups is 1. The Hall–Kier alpha value is -3.01. The summed E-state index contributed by atoms with van der Waals surface area (Å²) in [6.07, 6.45) is 5.97. The summed E-state index contributed by atoms with van der Waals surface area (Å²) in [5, 5.41) is 25.1. The van der Waals surface area contributed by atoms with E-state index in [1.54, 1.807) is 12.1 Å². The first-order valence-corrected chi connectivity index (χ1v) is 10.7. The molecule has 30 heavy (non-hydrogen) atoms. The van der Waals surface area contributed by atoms with E-state index >= 15 is 0 Å². The van der Waals surface area contributed by atoms with Gasteiger partial charge in [-0.05, 0) is 37.1 Å². The number of benzene rings is 1. The Morgan fingerprint density at radius 1 is 1.20 bits per heavy atom. The highest BCUT2D eigenvalue weighted by atomic mass is 32.1. The number of amides is 2. The number of ether oxygens (including phenoxy) is 1. The van der Waals surface area contributed by atoms with Crippen molar-refractivity contribution >= 4 is 34.5 Å². The molecule has 0 spiro atoms. The Bertz CT molecular complexity index is 869. The number of hydrogen-bond acceptors (Lipinski definition) is 8. The highest BCUT2D eigenvalue weighted by Gasteiger charge is 2.11. The number of hydrogen-bond donors (Lipinski definition) is 3. The van der Waals surface area contributed by atoms with Crippen molar-refractivity contribution in [3.8, 4) is 11.5 Å². The van der Waals surface area contributed by atoms with E-state index in [1.165, 1.54) is 12.3 Å². The monoisotopic (exact) mass is 433 g/mol. The van der Waals surface area contributed by atoms with Crippen LogP contribution in [0.2, 0.25) is 0 Å². The minimum atomic E-state index is -0.366. The van der Waals surface area contributed by atoms with Crippen LogP contribution in [0.1, 0.15) is 56.5 Å². The van der Waals surface area contributed by atoms with Crippen molar-refractivity contribution in [1.29, 1.82) is 0 Å². The Kier molecular flexibility index (Phi) is 9.72. The van der Waals surface area contributed by atoms with Crippen molar-refractivity contribution in [3.05, 3.63) is 28.8 Å². The molecule has 3 N–H and O–H groups in total. The zero-order valence-corrected chi connectivity index (χ0v) is 18.0. The van der Waals surface area contributed by atoms with E-state index in [1.807, 2.05) is 6.92 Å². The van der Waals surface area contributed by atoms with Gasteiger partial charge in [0, 0.05) is 6.42 Å². The van der Waals surface area contributed by atoms with E-state index < -0.39 is 0 Å². The van der Waals surface area contributed by atoms with E-state index in [0.29, 0.717) is 34.5 Å². The molecule has 0 unspecified atom stereocenters. The maximum Gasteiger partial charge on any atom is 0.247 e. The molecule has 10 heteroatoms. The number of rotatable bonds is 12. The molecule has 0 saturated heterocycles. The van der Waals surface area contributed by atoms with Gasteiger partial charge in [-0.3, -0.25) is 9.59 Å². The van der Waals surface area contributed by atoms with Gasteiger partial charge in [0.15, 0.2) is 11.5 Å². The van der Waals surface area contributed by atoms with Gasteiger partial charge in [0.25, 0.3) is 0 Å². The molecule has 0 aliphatic carbocycles. The molecule has 2 aromatic rings. The third kappa shape index (κ3) is 8.16. The lowest BCUT2D eigenvalue weighted by atomic mass is 10.1. The summed E-state index contributed by atoms with van der Waals surface area (Å²) in [5.74, 6) is -0.0730. The number of carbonyl (C=O) groups excluding carboxylic acids is 2. The molecule has 1 heterocycles. The lowest BCUT2D eigenvalue weighted by molar-refractivity contribution is -0.120. The number of nitrogens with zero attached hydrogens (tertiary/aromatic N) is 3. The summed E-state index contributed by atoms with van der Waals surface area (Å²) in [6.45, 7) is 4.40. The topological polar surface area (TPSA) is 126 Å². The standard InChI is InChI=1S/C20H27N5O4S/c1-3-5-6-7-8-17(27)22-20-25-24-19(30-20)12-18(28)23-21-13-14-9-10-16(29-4-2)15(26)11-14/h9-11,13,26H,3-8,12H2,1-2H3,(H,23,28)(H,22,25,27)/b21-13-. The highest BCUT2D eigenvalue weighted by molar-refractivity contribution is 7.15. The van der Waals surface area contributed by atoms with Crippen LogP contribution in [0.3, 0.4) is 0 Å². The second kappa shape index (κ2) is 12.5. The minimum absolute atomic E-state index is 0.000858. The van der Waals surface area contributed by atoms with E-state index in [2.05, 4.69) is 33.0 Å². The summed E-state index contributed by atoms with van der Waals surface area (Å²) >= 11 is 1.16. The average Bonchev–Trinajstić information content (AvgIpc) is 3.14. The number of phenolic OH excluding ortho intramolecular Hbond substituents is 1. The van der Waals surface area contributed by atoms with Crippen molar-refractivity contribution in [2.75, 3.05) is 11.9 Å². The lowest BCUT2D eigenvalue weighted by Crippen LogP contribution is -2.19. The summed E-state index contributed by atoms with van der Waals surface area (Å²) in [6, 6.07) is 4.83. The Morgan fingerprint density at radius 3 is 2.77 bits per heavy atom. The van der Waals surface area contributed by atoms with Crippen LogP contribution in [-0.4, -0.2) is 39.9 Å². The van der Waals surface area contributed by atoms with Crippen molar-refractivity contribution in [2.45, 2.75) is 52.4 Å². The molecule has 0 fully saturated rings. The van der Waals surface area contributed by atoms with Crippen LogP contribution >= 0.6 is 11.3 Å². The normalized spacial score (nSPS) is 10.9. The number of aromatic nitrogens is 2. The molecule has 0 aliphatic heterocycles. The average molecular weight is 434 g/mol. The van der Waals surface area contributed by atoms with Crippen molar-refractivity contribution in [3.63, 3.8) is 0 Å². The van der Waals surface area contributed by atoms with Gasteiger partial charge in [0.2, 0.25) is 16.9 Å². The SMILES string of the molecule is CCCCCCC(=O)Nc1nnc(CC(=O)N/N=C\c2ccc(OCC)c(O)c2)s1. The van der Waals surface area contributed by atoms with Crippen LogP contribution in [0, 0.1) is 0 Å². The third-order valence-corrected chi connectivity index (χ3v) is 4.81. The van der Waals surface area contributed by atoms with Crippen LogP contribution in [-0.2, 0) is 16.0 Å². The molecule has 0 saturated carbocycles. The molecular weight excluding hydrogens is 406 g/mol. The molecule has 0 atom stereocenters. The van der Waals surface area contributed by atoms with Gasteiger partial charge >= 0.3 is 0 Å². The van der Waals surface area contributed by atoms with Gasteiger partial charge in [-0.2, -0.15) is 5.10 Å². The molecule has 2 amide bonds. The molecule has 2 rings (SSSR count). The van der Waals surface area contributed by atoms with Crippen molar-refractivity contribution in [1.82, 2.24) is 15.6 Å². The maximum atomic E-state index is 12.0. The fourth-order valence-electron chi connectivity index (χ4n) is 2.52. The van der Waals surface area contributed by atoms with Gasteiger partial charge in [-0.25, -0.2) is 5.43 Å². The minimum Gasteiger partial charge on any atom is -0.504 e. The molecule has 0 radical (unpaired) electrons. The predicted octanol–water partition coefficient (Wildman–Crippen LogP) is 3.24. The van der Waals surface area contributed by atoms with Crippen LogP contribution < -0.4 is 15.5 Å². The van der Waals surface area contributed by atoms with Crippen LogP contribution in [0.4, 0.5) is 5.13 Å². The fraction of sp³-hybridized carbons (Fsp3) is 0.450. The van der Waals surface area contributed by atoms with Crippen LogP contribution in [0.15, 0.2) is 23.3 Å². The molecule has 0 aliphatic rings. The number of nitrogens with one attached hydrogen (secondary N) is 2. The summed E-state index contributed by atoms with van der Waals surface area (Å²) in [4.78, 5) is 23.9. The zero-order chi connectivity index (χ0) is 21.8. The highest BCUT2D eigenvalue weighted by Crippen LogP contribution is 2.26. The summed E-state index contributed by atoms with van der Waals surface area (Å²) < 4.78 is 5.25. The Balaban J connectivity index is 1.77.